The molecule has 1 aliphatic rings. The van der Waals surface area contributed by atoms with Crippen LogP contribution in [0.1, 0.15) is 38.7 Å². The number of likely N-dealkylation sites (tertiary alicyclic amines) is 1. The zero-order chi connectivity index (χ0) is 15.2. The molecule has 2 rings (SSSR count). The fourth-order valence-electron chi connectivity index (χ4n) is 2.70. The first-order valence-corrected chi connectivity index (χ1v) is 7.92. The van der Waals surface area contributed by atoms with Gasteiger partial charge in [0.15, 0.2) is 0 Å². The Morgan fingerprint density at radius 2 is 1.81 bits per heavy atom. The van der Waals surface area contributed by atoms with Crippen molar-refractivity contribution in [2.75, 3.05) is 25.4 Å². The van der Waals surface area contributed by atoms with Gasteiger partial charge >= 0.3 is 0 Å². The molecule has 4 heteroatoms. The van der Waals surface area contributed by atoms with Crippen molar-refractivity contribution in [2.24, 2.45) is 0 Å². The largest absolute Gasteiger partial charge is 0.399 e. The topological polar surface area (TPSA) is 49.6 Å². The van der Waals surface area contributed by atoms with Crippen LogP contribution in [0.25, 0.3) is 0 Å². The van der Waals surface area contributed by atoms with E-state index >= 15 is 0 Å². The Kier molecular flexibility index (Phi) is 5.62. The summed E-state index contributed by atoms with van der Waals surface area (Å²) in [4.78, 5) is 16.7. The number of hydrogen-bond donors (Lipinski definition) is 1. The number of hydrogen-bond acceptors (Lipinski definition) is 3. The Bertz CT molecular complexity index is 450. The first-order valence-electron chi connectivity index (χ1n) is 7.92. The van der Waals surface area contributed by atoms with Crippen LogP contribution in [0, 0.1) is 0 Å². The number of carbonyl (C=O) groups excluding carboxylic acids is 1. The molecule has 2 N–H and O–H groups in total. The predicted molar refractivity (Wildman–Crippen MR) is 86.8 cm³/mol. The molecule has 1 amide bonds. The second-order valence-corrected chi connectivity index (χ2v) is 6.18. The van der Waals surface area contributed by atoms with Crippen LogP contribution in [0.2, 0.25) is 0 Å². The van der Waals surface area contributed by atoms with Gasteiger partial charge in [0.25, 0.3) is 0 Å². The molecule has 0 bridgehead atoms. The minimum absolute atomic E-state index is 0.263. The molecule has 0 aromatic heterocycles. The van der Waals surface area contributed by atoms with Gasteiger partial charge in [-0.2, -0.15) is 0 Å². The maximum absolute atomic E-state index is 12.4. The Balaban J connectivity index is 1.95. The Labute approximate surface area is 127 Å². The highest BCUT2D eigenvalue weighted by atomic mass is 16.2. The first kappa shape index (κ1) is 15.8. The molecule has 1 fully saturated rings. The van der Waals surface area contributed by atoms with Crippen LogP contribution in [0.15, 0.2) is 24.3 Å². The number of nitrogen functional groups attached to an aromatic ring is 1. The maximum Gasteiger partial charge on any atom is 0.236 e. The third kappa shape index (κ3) is 4.74. The summed E-state index contributed by atoms with van der Waals surface area (Å²) in [6.07, 6.45) is 3.54. The van der Waals surface area contributed by atoms with Gasteiger partial charge in [-0.05, 0) is 50.8 Å². The molecule has 0 atom stereocenters. The third-order valence-electron chi connectivity index (χ3n) is 4.14. The van der Waals surface area contributed by atoms with Crippen molar-refractivity contribution in [3.05, 3.63) is 29.8 Å². The Morgan fingerprint density at radius 1 is 1.19 bits per heavy atom. The van der Waals surface area contributed by atoms with E-state index in [-0.39, 0.29) is 5.91 Å². The van der Waals surface area contributed by atoms with Crippen molar-refractivity contribution < 1.29 is 4.79 Å². The quantitative estimate of drug-likeness (QED) is 0.847. The molecule has 116 valence electrons. The molecule has 0 spiro atoms. The summed E-state index contributed by atoms with van der Waals surface area (Å²) in [5.41, 5.74) is 7.70. The highest BCUT2D eigenvalue weighted by Crippen LogP contribution is 2.13. The molecule has 0 aliphatic carbocycles. The summed E-state index contributed by atoms with van der Waals surface area (Å²) >= 11 is 0. The third-order valence-corrected chi connectivity index (χ3v) is 4.14. The molecule has 1 aliphatic heterocycles. The summed E-state index contributed by atoms with van der Waals surface area (Å²) in [5, 5.41) is 0. The fraction of sp³-hybridized carbons (Fsp3) is 0.588. The molecule has 1 aromatic rings. The SMILES string of the molecule is CC(C)N(CC(=O)N1CCCCC1)Cc1ccc(N)cc1. The maximum atomic E-state index is 12.4. The minimum atomic E-state index is 0.263. The van der Waals surface area contributed by atoms with E-state index in [4.69, 9.17) is 5.73 Å². The zero-order valence-electron chi connectivity index (χ0n) is 13.2. The number of anilines is 1. The second kappa shape index (κ2) is 7.46. The van der Waals surface area contributed by atoms with Crippen LogP contribution < -0.4 is 5.73 Å². The lowest BCUT2D eigenvalue weighted by Gasteiger charge is -2.31. The molecule has 4 nitrogen and oxygen atoms in total. The van der Waals surface area contributed by atoms with E-state index < -0.39 is 0 Å². The van der Waals surface area contributed by atoms with Crippen molar-refractivity contribution >= 4 is 11.6 Å². The highest BCUT2D eigenvalue weighted by molar-refractivity contribution is 5.78. The molecule has 21 heavy (non-hydrogen) atoms. The van der Waals surface area contributed by atoms with E-state index in [0.29, 0.717) is 12.6 Å². The number of carbonyl (C=O) groups is 1. The van der Waals surface area contributed by atoms with Crippen LogP contribution in [0.3, 0.4) is 0 Å². The van der Waals surface area contributed by atoms with Gasteiger partial charge in [0.1, 0.15) is 0 Å². The second-order valence-electron chi connectivity index (χ2n) is 6.18. The summed E-state index contributed by atoms with van der Waals surface area (Å²) < 4.78 is 0. The van der Waals surface area contributed by atoms with E-state index in [1.165, 1.54) is 12.0 Å². The lowest BCUT2D eigenvalue weighted by Crippen LogP contribution is -2.44. The van der Waals surface area contributed by atoms with Gasteiger partial charge in [0.05, 0.1) is 6.54 Å². The van der Waals surface area contributed by atoms with Crippen molar-refractivity contribution in [1.82, 2.24) is 9.80 Å². The lowest BCUT2D eigenvalue weighted by atomic mass is 10.1. The van der Waals surface area contributed by atoms with Crippen molar-refractivity contribution in [2.45, 2.75) is 45.7 Å². The van der Waals surface area contributed by atoms with E-state index in [0.717, 1.165) is 38.2 Å². The molecule has 0 radical (unpaired) electrons. The molecule has 1 heterocycles. The lowest BCUT2D eigenvalue weighted by molar-refractivity contribution is -0.133. The van der Waals surface area contributed by atoms with Crippen molar-refractivity contribution in [3.63, 3.8) is 0 Å². The standard InChI is InChI=1S/C17H27N3O/c1-14(2)20(12-15-6-8-16(18)9-7-15)13-17(21)19-10-4-3-5-11-19/h6-9,14H,3-5,10-13,18H2,1-2H3. The Morgan fingerprint density at radius 3 is 2.38 bits per heavy atom. The van der Waals surface area contributed by atoms with E-state index in [9.17, 15) is 4.79 Å². The van der Waals surface area contributed by atoms with Crippen LogP contribution in [-0.2, 0) is 11.3 Å². The molecule has 0 unspecified atom stereocenters. The highest BCUT2D eigenvalue weighted by Gasteiger charge is 2.20. The van der Waals surface area contributed by atoms with Crippen LogP contribution in [-0.4, -0.2) is 41.4 Å². The average Bonchev–Trinajstić information content (AvgIpc) is 2.49. The van der Waals surface area contributed by atoms with Crippen LogP contribution >= 0.6 is 0 Å². The fourth-order valence-corrected chi connectivity index (χ4v) is 2.70. The molecular weight excluding hydrogens is 262 g/mol. The van der Waals surface area contributed by atoms with Crippen molar-refractivity contribution in [3.8, 4) is 0 Å². The average molecular weight is 289 g/mol. The smallest absolute Gasteiger partial charge is 0.236 e. The number of nitrogens with two attached hydrogens (primary N) is 1. The number of rotatable bonds is 5. The van der Waals surface area contributed by atoms with Gasteiger partial charge in [-0.1, -0.05) is 12.1 Å². The van der Waals surface area contributed by atoms with Gasteiger partial charge in [-0.15, -0.1) is 0 Å². The van der Waals surface area contributed by atoms with Crippen LogP contribution in [0.5, 0.6) is 0 Å². The summed E-state index contributed by atoms with van der Waals surface area (Å²) in [6, 6.07) is 8.25. The molecule has 0 saturated carbocycles. The number of benzene rings is 1. The monoisotopic (exact) mass is 289 g/mol. The first-order chi connectivity index (χ1) is 10.1. The molecule has 1 aromatic carbocycles. The molecule has 1 saturated heterocycles. The minimum Gasteiger partial charge on any atom is -0.399 e. The van der Waals surface area contributed by atoms with E-state index in [1.807, 2.05) is 29.2 Å². The van der Waals surface area contributed by atoms with E-state index in [1.54, 1.807) is 0 Å². The molecular formula is C17H27N3O. The van der Waals surface area contributed by atoms with E-state index in [2.05, 4.69) is 18.7 Å². The Hall–Kier alpha value is -1.55. The van der Waals surface area contributed by atoms with Gasteiger partial charge in [0.2, 0.25) is 5.91 Å². The number of amides is 1. The normalized spacial score (nSPS) is 15.7. The summed E-state index contributed by atoms with van der Waals surface area (Å²) in [7, 11) is 0. The van der Waals surface area contributed by atoms with Gasteiger partial charge in [-0.3, -0.25) is 9.69 Å². The predicted octanol–water partition coefficient (Wildman–Crippen LogP) is 2.49. The van der Waals surface area contributed by atoms with Gasteiger partial charge in [0, 0.05) is 31.4 Å². The number of nitrogens with zero attached hydrogens (tertiary/aromatic N) is 2. The summed E-state index contributed by atoms with van der Waals surface area (Å²) in [5.74, 6) is 0.263. The van der Waals surface area contributed by atoms with Gasteiger partial charge < -0.3 is 10.6 Å². The zero-order valence-corrected chi connectivity index (χ0v) is 13.2. The van der Waals surface area contributed by atoms with Gasteiger partial charge in [-0.25, -0.2) is 0 Å². The van der Waals surface area contributed by atoms with Crippen LogP contribution in [0.4, 0.5) is 5.69 Å². The summed E-state index contributed by atoms with van der Waals surface area (Å²) in [6.45, 7) is 7.42. The number of piperidine rings is 1. The van der Waals surface area contributed by atoms with Crippen molar-refractivity contribution in [1.29, 1.82) is 0 Å².